The highest BCUT2D eigenvalue weighted by atomic mass is 32.2. The topological polar surface area (TPSA) is 41.6 Å². The number of anilines is 1. The van der Waals surface area contributed by atoms with Gasteiger partial charge in [0.05, 0.1) is 12.1 Å². The molecule has 1 fully saturated rings. The number of allylic oxidation sites excluding steroid dienone is 2. The number of hydrogen-bond acceptors (Lipinski definition) is 4. The molecule has 30 heavy (non-hydrogen) atoms. The van der Waals surface area contributed by atoms with E-state index in [1.54, 1.807) is 54.6 Å². The van der Waals surface area contributed by atoms with Gasteiger partial charge in [-0.1, -0.05) is 55.7 Å². The molecule has 0 radical (unpaired) electrons. The molecule has 1 aliphatic rings. The third-order valence-electron chi connectivity index (χ3n) is 4.21. The Morgan fingerprint density at radius 3 is 2.73 bits per heavy atom. The molecule has 3 rings (SSSR count). The molecule has 7 heteroatoms. The Labute approximate surface area is 178 Å². The zero-order valence-electron chi connectivity index (χ0n) is 16.1. The maximum absolute atomic E-state index is 15.4. The van der Waals surface area contributed by atoms with Gasteiger partial charge in [-0.15, -0.1) is 0 Å². The van der Waals surface area contributed by atoms with E-state index in [1.807, 2.05) is 0 Å². The van der Waals surface area contributed by atoms with Crippen molar-refractivity contribution in [3.63, 3.8) is 0 Å². The molecule has 2 aromatic rings. The Balaban J connectivity index is 1.94. The summed E-state index contributed by atoms with van der Waals surface area (Å²) >= 11 is 0.996. The Bertz CT molecular complexity index is 1030. The van der Waals surface area contributed by atoms with Crippen molar-refractivity contribution in [1.82, 2.24) is 4.72 Å². The van der Waals surface area contributed by atoms with Gasteiger partial charge in [0.2, 0.25) is 0 Å². The molecule has 154 valence electrons. The van der Waals surface area contributed by atoms with Crippen LogP contribution in [0.25, 0.3) is 12.2 Å². The van der Waals surface area contributed by atoms with Crippen molar-refractivity contribution in [2.75, 3.05) is 17.5 Å². The third kappa shape index (κ3) is 5.18. The van der Waals surface area contributed by atoms with E-state index in [4.69, 9.17) is 4.74 Å². The van der Waals surface area contributed by atoms with Crippen molar-refractivity contribution in [3.8, 4) is 5.75 Å². The molecular formula is C23H20F2N2O2S. The van der Waals surface area contributed by atoms with E-state index in [1.165, 1.54) is 16.4 Å². The zero-order chi connectivity index (χ0) is 21.5. The third-order valence-corrected chi connectivity index (χ3v) is 5.06. The summed E-state index contributed by atoms with van der Waals surface area (Å²) in [6, 6.07) is 9.22. The number of ether oxygens (including phenoxy) is 1. The van der Waals surface area contributed by atoms with Crippen molar-refractivity contribution in [3.05, 3.63) is 96.1 Å². The number of carbonyl (C=O) groups excluding carboxylic acids is 1. The van der Waals surface area contributed by atoms with E-state index in [2.05, 4.69) is 17.9 Å². The van der Waals surface area contributed by atoms with Crippen LogP contribution in [0.2, 0.25) is 0 Å². The van der Waals surface area contributed by atoms with Crippen LogP contribution in [0.5, 0.6) is 5.75 Å². The molecule has 0 spiro atoms. The lowest BCUT2D eigenvalue weighted by atomic mass is 10.1. The van der Waals surface area contributed by atoms with Gasteiger partial charge in [-0.2, -0.15) is 0 Å². The van der Waals surface area contributed by atoms with Crippen LogP contribution < -0.4 is 13.8 Å². The van der Waals surface area contributed by atoms with Crippen LogP contribution in [-0.4, -0.2) is 19.1 Å². The van der Waals surface area contributed by atoms with Crippen LogP contribution in [0.4, 0.5) is 14.5 Å². The minimum Gasteiger partial charge on any atom is -0.487 e. The molecule has 1 aliphatic heterocycles. The van der Waals surface area contributed by atoms with E-state index < -0.39 is 5.82 Å². The van der Waals surface area contributed by atoms with Gasteiger partial charge in [-0.05, 0) is 35.4 Å². The monoisotopic (exact) mass is 426 g/mol. The SMILES string of the molecule is C=C/C=C(\C=C)COc1ccc(/C=C/c2cccc(F)c2)c(F)c1N1CC(=O)NS1. The van der Waals surface area contributed by atoms with Gasteiger partial charge >= 0.3 is 0 Å². The Morgan fingerprint density at radius 1 is 1.23 bits per heavy atom. The van der Waals surface area contributed by atoms with Gasteiger partial charge in [0, 0.05) is 5.56 Å². The fraction of sp³-hybridized carbons (Fsp3) is 0.0870. The molecule has 4 nitrogen and oxygen atoms in total. The minimum absolute atomic E-state index is 0.00811. The van der Waals surface area contributed by atoms with E-state index in [0.717, 1.165) is 17.7 Å². The van der Waals surface area contributed by atoms with E-state index in [-0.39, 0.29) is 41.9 Å². The van der Waals surface area contributed by atoms with Crippen LogP contribution in [0.15, 0.2) is 73.4 Å². The maximum Gasteiger partial charge on any atom is 0.251 e. The van der Waals surface area contributed by atoms with Gasteiger partial charge in [0.1, 0.15) is 30.4 Å². The normalized spacial score (nSPS) is 14.1. The summed E-state index contributed by atoms with van der Waals surface area (Å²) in [4.78, 5) is 11.7. The van der Waals surface area contributed by atoms with E-state index >= 15 is 4.39 Å². The fourth-order valence-electron chi connectivity index (χ4n) is 2.75. The molecular weight excluding hydrogens is 406 g/mol. The first kappa shape index (κ1) is 21.4. The number of benzene rings is 2. The number of rotatable bonds is 8. The molecule has 2 aromatic carbocycles. The number of amides is 1. The van der Waals surface area contributed by atoms with Gasteiger partial charge in [-0.3, -0.25) is 13.8 Å². The molecule has 1 saturated heterocycles. The van der Waals surface area contributed by atoms with Gasteiger partial charge in [0.25, 0.3) is 5.91 Å². The molecule has 1 amide bonds. The summed E-state index contributed by atoms with van der Waals surface area (Å²) < 4.78 is 38.7. The highest BCUT2D eigenvalue weighted by Crippen LogP contribution is 2.38. The van der Waals surface area contributed by atoms with E-state index in [0.29, 0.717) is 5.56 Å². The van der Waals surface area contributed by atoms with Crippen molar-refractivity contribution in [2.24, 2.45) is 0 Å². The molecule has 0 atom stereocenters. The van der Waals surface area contributed by atoms with Crippen LogP contribution in [0.1, 0.15) is 11.1 Å². The maximum atomic E-state index is 15.4. The zero-order valence-corrected chi connectivity index (χ0v) is 16.9. The summed E-state index contributed by atoms with van der Waals surface area (Å²) in [5.74, 6) is -0.858. The molecule has 0 aliphatic carbocycles. The highest BCUT2D eigenvalue weighted by molar-refractivity contribution is 7.99. The number of nitrogens with one attached hydrogen (secondary N) is 1. The van der Waals surface area contributed by atoms with Crippen LogP contribution in [0.3, 0.4) is 0 Å². The summed E-state index contributed by atoms with van der Waals surface area (Å²) in [6.07, 6.45) is 8.16. The average molecular weight is 426 g/mol. The van der Waals surface area contributed by atoms with Gasteiger partial charge < -0.3 is 4.74 Å². The predicted octanol–water partition coefficient (Wildman–Crippen LogP) is 5.31. The smallest absolute Gasteiger partial charge is 0.251 e. The first-order chi connectivity index (χ1) is 14.5. The Hall–Kier alpha value is -3.32. The Morgan fingerprint density at radius 2 is 2.07 bits per heavy atom. The standard InChI is InChI=1S/C23H20F2N2O2S/c1-3-6-16(4-2)15-29-20-12-11-18(10-9-17-7-5-8-19(24)13-17)22(25)23(20)27-14-21(28)26-30-27/h3-13H,1-2,14-15H2,(H,26,28)/b10-9+,16-6+. The first-order valence-corrected chi connectivity index (χ1v) is 9.85. The second kappa shape index (κ2) is 9.93. The van der Waals surface area contributed by atoms with Crippen LogP contribution in [-0.2, 0) is 4.79 Å². The van der Waals surface area contributed by atoms with Gasteiger partial charge in [-0.25, -0.2) is 8.78 Å². The van der Waals surface area contributed by atoms with Crippen LogP contribution in [0, 0.1) is 11.6 Å². The van der Waals surface area contributed by atoms with Gasteiger partial charge in [0.15, 0.2) is 5.82 Å². The number of halogens is 2. The number of carbonyl (C=O) groups is 1. The second-order valence-electron chi connectivity index (χ2n) is 6.33. The van der Waals surface area contributed by atoms with Crippen LogP contribution >= 0.6 is 12.1 Å². The lowest BCUT2D eigenvalue weighted by molar-refractivity contribution is -0.117. The number of hydrogen-bond donors (Lipinski definition) is 1. The lowest BCUT2D eigenvalue weighted by Crippen LogP contribution is -2.18. The molecule has 0 bridgehead atoms. The summed E-state index contributed by atoms with van der Waals surface area (Å²) in [6.45, 7) is 7.52. The van der Waals surface area contributed by atoms with Crippen molar-refractivity contribution in [2.45, 2.75) is 0 Å². The highest BCUT2D eigenvalue weighted by Gasteiger charge is 2.27. The molecule has 1 heterocycles. The molecule has 0 unspecified atom stereocenters. The van der Waals surface area contributed by atoms with Crippen molar-refractivity contribution >= 4 is 35.9 Å². The molecule has 1 N–H and O–H groups in total. The first-order valence-electron chi connectivity index (χ1n) is 9.08. The quantitative estimate of drug-likeness (QED) is 0.353. The lowest BCUT2D eigenvalue weighted by Gasteiger charge is -2.20. The predicted molar refractivity (Wildman–Crippen MR) is 119 cm³/mol. The molecule has 0 aromatic heterocycles. The number of nitrogens with zero attached hydrogens (tertiary/aromatic N) is 1. The minimum atomic E-state index is -0.544. The second-order valence-corrected chi connectivity index (χ2v) is 7.15. The average Bonchev–Trinajstić information content (AvgIpc) is 3.16. The van der Waals surface area contributed by atoms with E-state index in [9.17, 15) is 9.18 Å². The summed E-state index contributed by atoms with van der Waals surface area (Å²) in [5.41, 5.74) is 1.82. The molecule has 0 saturated carbocycles. The fourth-order valence-corrected chi connectivity index (χ4v) is 3.47. The van der Waals surface area contributed by atoms with Crippen molar-refractivity contribution in [1.29, 1.82) is 0 Å². The van der Waals surface area contributed by atoms with Crippen molar-refractivity contribution < 1.29 is 18.3 Å². The Kier molecular flexibility index (Phi) is 7.08. The summed E-state index contributed by atoms with van der Waals surface area (Å²) in [5, 5.41) is 0. The largest absolute Gasteiger partial charge is 0.487 e. The summed E-state index contributed by atoms with van der Waals surface area (Å²) in [7, 11) is 0.